The molecule has 0 heterocycles. The number of aromatic hydroxyl groups is 1. The minimum atomic E-state index is -3.88. The molecule has 0 spiro atoms. The third-order valence-electron chi connectivity index (χ3n) is 2.33. The van der Waals surface area contributed by atoms with Gasteiger partial charge in [0.05, 0.1) is 10.7 Å². The molecule has 0 unspecified atom stereocenters. The van der Waals surface area contributed by atoms with Crippen molar-refractivity contribution >= 4 is 43.2 Å². The Morgan fingerprint density at radius 1 is 1.16 bits per heavy atom. The van der Waals surface area contributed by atoms with Crippen molar-refractivity contribution in [2.24, 2.45) is 0 Å². The number of hydrogen-bond donors (Lipinski definition) is 2. The number of anilines is 1. The summed E-state index contributed by atoms with van der Waals surface area (Å²) < 4.78 is 27.3. The maximum Gasteiger partial charge on any atom is 0.265 e. The quantitative estimate of drug-likeness (QED) is 0.876. The first-order chi connectivity index (χ1) is 8.90. The van der Waals surface area contributed by atoms with Crippen molar-refractivity contribution < 1.29 is 13.5 Å². The lowest BCUT2D eigenvalue weighted by Gasteiger charge is -2.10. The molecule has 0 atom stereocenters. The largest absolute Gasteiger partial charge is 0.507 e. The Morgan fingerprint density at radius 2 is 1.84 bits per heavy atom. The minimum absolute atomic E-state index is 0.200. The van der Waals surface area contributed by atoms with Crippen LogP contribution in [-0.4, -0.2) is 13.5 Å². The molecular formula is C12H9BrClNO3S. The van der Waals surface area contributed by atoms with E-state index in [1.807, 2.05) is 0 Å². The van der Waals surface area contributed by atoms with E-state index in [4.69, 9.17) is 11.6 Å². The average molecular weight is 363 g/mol. The Kier molecular flexibility index (Phi) is 4.03. The third-order valence-corrected chi connectivity index (χ3v) is 4.55. The molecule has 0 aliphatic rings. The molecule has 0 saturated heterocycles. The molecule has 0 aliphatic heterocycles. The molecular weight excluding hydrogens is 354 g/mol. The second kappa shape index (κ2) is 5.40. The van der Waals surface area contributed by atoms with E-state index in [9.17, 15) is 13.5 Å². The molecule has 0 aliphatic carbocycles. The SMILES string of the molecule is O=S(=O)(Nc1ccc(Br)cc1Cl)c1ccccc1O. The van der Waals surface area contributed by atoms with E-state index in [1.54, 1.807) is 18.2 Å². The topological polar surface area (TPSA) is 66.4 Å². The number of rotatable bonds is 3. The minimum Gasteiger partial charge on any atom is -0.507 e. The van der Waals surface area contributed by atoms with Gasteiger partial charge in [-0.15, -0.1) is 0 Å². The van der Waals surface area contributed by atoms with Gasteiger partial charge in [0.25, 0.3) is 10.0 Å². The Hall–Kier alpha value is -1.24. The number of benzene rings is 2. The van der Waals surface area contributed by atoms with Crippen LogP contribution in [-0.2, 0) is 10.0 Å². The van der Waals surface area contributed by atoms with Gasteiger partial charge in [0, 0.05) is 4.47 Å². The second-order valence-electron chi connectivity index (χ2n) is 3.70. The Bertz CT molecular complexity index is 719. The van der Waals surface area contributed by atoms with Crippen LogP contribution in [0.5, 0.6) is 5.75 Å². The van der Waals surface area contributed by atoms with Crippen LogP contribution < -0.4 is 4.72 Å². The molecule has 0 fully saturated rings. The maximum atomic E-state index is 12.1. The van der Waals surface area contributed by atoms with Crippen molar-refractivity contribution in [2.45, 2.75) is 4.90 Å². The van der Waals surface area contributed by atoms with E-state index in [-0.39, 0.29) is 21.4 Å². The smallest absolute Gasteiger partial charge is 0.265 e. The predicted molar refractivity (Wildman–Crippen MR) is 78.1 cm³/mol. The van der Waals surface area contributed by atoms with Crippen LogP contribution in [0.1, 0.15) is 0 Å². The number of sulfonamides is 1. The molecule has 0 radical (unpaired) electrons. The van der Waals surface area contributed by atoms with Gasteiger partial charge in [0.15, 0.2) is 0 Å². The number of phenols is 1. The summed E-state index contributed by atoms with van der Waals surface area (Å²) in [5.41, 5.74) is 0.244. The molecule has 100 valence electrons. The van der Waals surface area contributed by atoms with Crippen LogP contribution in [0.15, 0.2) is 51.8 Å². The number of para-hydroxylation sites is 1. The first-order valence-electron chi connectivity index (χ1n) is 5.16. The summed E-state index contributed by atoms with van der Waals surface area (Å²) in [4.78, 5) is -0.200. The summed E-state index contributed by atoms with van der Waals surface area (Å²) in [6.07, 6.45) is 0. The van der Waals surface area contributed by atoms with Crippen LogP contribution in [0, 0.1) is 0 Å². The van der Waals surface area contributed by atoms with Gasteiger partial charge in [-0.3, -0.25) is 4.72 Å². The zero-order chi connectivity index (χ0) is 14.0. The lowest BCUT2D eigenvalue weighted by molar-refractivity contribution is 0.459. The highest BCUT2D eigenvalue weighted by atomic mass is 79.9. The van der Waals surface area contributed by atoms with Gasteiger partial charge in [0.2, 0.25) is 0 Å². The number of hydrogen-bond acceptors (Lipinski definition) is 3. The normalized spacial score (nSPS) is 11.3. The van der Waals surface area contributed by atoms with Crippen molar-refractivity contribution in [2.75, 3.05) is 4.72 Å². The van der Waals surface area contributed by atoms with Crippen LogP contribution >= 0.6 is 27.5 Å². The molecule has 0 saturated carbocycles. The predicted octanol–water partition coefficient (Wildman–Crippen LogP) is 3.61. The van der Waals surface area contributed by atoms with Crippen molar-refractivity contribution in [3.05, 3.63) is 52.0 Å². The molecule has 0 aromatic heterocycles. The Morgan fingerprint density at radius 3 is 2.47 bits per heavy atom. The monoisotopic (exact) mass is 361 g/mol. The average Bonchev–Trinajstić information content (AvgIpc) is 2.33. The summed E-state index contributed by atoms with van der Waals surface area (Å²) in [6, 6.07) is 10.4. The lowest BCUT2D eigenvalue weighted by atomic mass is 10.3. The highest BCUT2D eigenvalue weighted by Crippen LogP contribution is 2.29. The van der Waals surface area contributed by atoms with Gasteiger partial charge in [-0.25, -0.2) is 8.42 Å². The number of phenolic OH excluding ortho intramolecular Hbond substituents is 1. The van der Waals surface area contributed by atoms with Crippen molar-refractivity contribution in [1.82, 2.24) is 0 Å². The summed E-state index contributed by atoms with van der Waals surface area (Å²) in [6.45, 7) is 0. The first kappa shape index (κ1) is 14.2. The zero-order valence-electron chi connectivity index (χ0n) is 9.47. The highest BCUT2D eigenvalue weighted by molar-refractivity contribution is 9.10. The number of halogens is 2. The molecule has 0 amide bonds. The van der Waals surface area contributed by atoms with Gasteiger partial charge < -0.3 is 5.11 Å². The van der Waals surface area contributed by atoms with Crippen molar-refractivity contribution in [3.8, 4) is 5.75 Å². The van der Waals surface area contributed by atoms with Gasteiger partial charge in [-0.1, -0.05) is 39.7 Å². The fourth-order valence-electron chi connectivity index (χ4n) is 1.46. The molecule has 7 heteroatoms. The van der Waals surface area contributed by atoms with Crippen LogP contribution in [0.25, 0.3) is 0 Å². The fraction of sp³-hybridized carbons (Fsp3) is 0. The Balaban J connectivity index is 2.40. The highest BCUT2D eigenvalue weighted by Gasteiger charge is 2.19. The van der Waals surface area contributed by atoms with Gasteiger partial charge >= 0.3 is 0 Å². The Labute approximate surface area is 124 Å². The molecule has 4 nitrogen and oxygen atoms in total. The molecule has 2 N–H and O–H groups in total. The van der Waals surface area contributed by atoms with Crippen LogP contribution in [0.2, 0.25) is 5.02 Å². The summed E-state index contributed by atoms with van der Waals surface area (Å²) in [5, 5.41) is 9.84. The third kappa shape index (κ3) is 3.20. The second-order valence-corrected chi connectivity index (χ2v) is 6.67. The maximum absolute atomic E-state index is 12.1. The van der Waals surface area contributed by atoms with Crippen molar-refractivity contribution in [3.63, 3.8) is 0 Å². The fourth-order valence-corrected chi connectivity index (χ4v) is 3.41. The molecule has 2 rings (SSSR count). The number of nitrogens with one attached hydrogen (secondary N) is 1. The van der Waals surface area contributed by atoms with Gasteiger partial charge in [-0.05, 0) is 30.3 Å². The van der Waals surface area contributed by atoms with Crippen LogP contribution in [0.4, 0.5) is 5.69 Å². The van der Waals surface area contributed by atoms with E-state index in [2.05, 4.69) is 20.7 Å². The van der Waals surface area contributed by atoms with E-state index in [0.29, 0.717) is 0 Å². The van der Waals surface area contributed by atoms with Crippen LogP contribution in [0.3, 0.4) is 0 Å². The summed E-state index contributed by atoms with van der Waals surface area (Å²) in [5.74, 6) is -0.316. The van der Waals surface area contributed by atoms with Gasteiger partial charge in [0.1, 0.15) is 10.6 Å². The standard InChI is InChI=1S/C12H9BrClNO3S/c13-8-5-6-10(9(14)7-8)15-19(17,18)12-4-2-1-3-11(12)16/h1-7,15-16H. The van der Waals surface area contributed by atoms with E-state index in [0.717, 1.165) is 4.47 Å². The summed E-state index contributed by atoms with van der Waals surface area (Å²) >= 11 is 9.17. The molecule has 2 aromatic carbocycles. The summed E-state index contributed by atoms with van der Waals surface area (Å²) in [7, 11) is -3.88. The zero-order valence-corrected chi connectivity index (χ0v) is 12.6. The molecule has 0 bridgehead atoms. The molecule has 19 heavy (non-hydrogen) atoms. The molecule has 2 aromatic rings. The first-order valence-corrected chi connectivity index (χ1v) is 7.81. The van der Waals surface area contributed by atoms with E-state index < -0.39 is 10.0 Å². The van der Waals surface area contributed by atoms with Gasteiger partial charge in [-0.2, -0.15) is 0 Å². The lowest BCUT2D eigenvalue weighted by Crippen LogP contribution is -2.13. The van der Waals surface area contributed by atoms with E-state index in [1.165, 1.54) is 24.3 Å². The van der Waals surface area contributed by atoms with E-state index >= 15 is 0 Å². The van der Waals surface area contributed by atoms with Crippen molar-refractivity contribution in [1.29, 1.82) is 0 Å².